The van der Waals surface area contributed by atoms with E-state index in [0.717, 1.165) is 25.1 Å². The summed E-state index contributed by atoms with van der Waals surface area (Å²) in [6.07, 6.45) is 5.17. The molecular weight excluding hydrogens is 659 g/mol. The molecule has 13 heteroatoms. The molecule has 5 aromatic rings. The number of alkyl halides is 1. The number of phenols is 1. The van der Waals surface area contributed by atoms with Crippen LogP contribution >= 0.6 is 0 Å². The lowest BCUT2D eigenvalue weighted by atomic mass is 9.86. The Bertz CT molecular complexity index is 2180. The first-order chi connectivity index (χ1) is 24.5. The molecule has 0 spiro atoms. The second-order valence-corrected chi connectivity index (χ2v) is 14.4. The van der Waals surface area contributed by atoms with Gasteiger partial charge in [-0.2, -0.15) is 15.1 Å². The van der Waals surface area contributed by atoms with E-state index in [-0.39, 0.29) is 52.9 Å². The van der Waals surface area contributed by atoms with Crippen molar-refractivity contribution in [1.82, 2.24) is 29.6 Å². The van der Waals surface area contributed by atoms with Crippen molar-refractivity contribution in [3.8, 4) is 23.0 Å². The smallest absolute Gasteiger partial charge is 0.319 e. The van der Waals surface area contributed by atoms with Gasteiger partial charge in [0.1, 0.15) is 41.4 Å². The predicted molar refractivity (Wildman–Crippen MR) is 187 cm³/mol. The van der Waals surface area contributed by atoms with E-state index in [1.54, 1.807) is 18.3 Å². The number of hydrogen-bond donors (Lipinski definition) is 1. The lowest BCUT2D eigenvalue weighted by Crippen LogP contribution is -2.44. The molecule has 3 aliphatic rings. The lowest BCUT2D eigenvalue weighted by Gasteiger charge is -2.37. The van der Waals surface area contributed by atoms with E-state index in [9.17, 15) is 14.3 Å². The number of carbonyl (C=O) groups excluding carboxylic acids is 1. The van der Waals surface area contributed by atoms with Gasteiger partial charge in [0.05, 0.1) is 16.6 Å². The van der Waals surface area contributed by atoms with Crippen molar-refractivity contribution in [2.75, 3.05) is 37.7 Å². The van der Waals surface area contributed by atoms with Crippen molar-refractivity contribution in [2.45, 2.75) is 64.6 Å². The zero-order valence-corrected chi connectivity index (χ0v) is 28.9. The summed E-state index contributed by atoms with van der Waals surface area (Å²) in [5, 5.41) is 16.3. The number of aromatic hydroxyl groups is 1. The number of pyridine rings is 1. The summed E-state index contributed by atoms with van der Waals surface area (Å²) >= 11 is 0. The van der Waals surface area contributed by atoms with Crippen LogP contribution in [-0.2, 0) is 6.42 Å². The molecule has 266 valence electrons. The molecule has 3 fully saturated rings. The molecule has 0 amide bonds. The highest BCUT2D eigenvalue weighted by Crippen LogP contribution is 2.42. The molecule has 3 aliphatic heterocycles. The Morgan fingerprint density at radius 2 is 1.98 bits per heavy atom. The Kier molecular flexibility index (Phi) is 8.35. The van der Waals surface area contributed by atoms with Gasteiger partial charge in [0, 0.05) is 49.9 Å². The third kappa shape index (κ3) is 5.75. The van der Waals surface area contributed by atoms with E-state index >= 15 is 8.78 Å². The van der Waals surface area contributed by atoms with Crippen LogP contribution in [0.2, 0.25) is 0 Å². The van der Waals surface area contributed by atoms with Crippen molar-refractivity contribution in [2.24, 2.45) is 11.8 Å². The fourth-order valence-electron chi connectivity index (χ4n) is 8.61. The zero-order chi connectivity index (χ0) is 35.6. The number of fused-ring (bicyclic) bond motifs is 3. The van der Waals surface area contributed by atoms with Crippen molar-refractivity contribution in [3.63, 3.8) is 0 Å². The van der Waals surface area contributed by atoms with Gasteiger partial charge in [-0.3, -0.25) is 14.7 Å². The number of aryl methyl sites for hydroxylation is 2. The number of aromatic nitrogens is 5. The Morgan fingerprint density at radius 3 is 2.75 bits per heavy atom. The van der Waals surface area contributed by atoms with Crippen molar-refractivity contribution < 1.29 is 27.8 Å². The second kappa shape index (κ2) is 12.8. The monoisotopic (exact) mass is 699 g/mol. The third-order valence-electron chi connectivity index (χ3n) is 11.1. The summed E-state index contributed by atoms with van der Waals surface area (Å²) in [6, 6.07) is 7.55. The minimum absolute atomic E-state index is 0.0422. The van der Waals surface area contributed by atoms with Gasteiger partial charge in [0.25, 0.3) is 0 Å². The summed E-state index contributed by atoms with van der Waals surface area (Å²) in [5.74, 6) is -1.34. The molecule has 3 aromatic heterocycles. The number of phenolic OH excluding ortho intramolecular Hbond substituents is 1. The first-order valence-corrected chi connectivity index (χ1v) is 17.7. The van der Waals surface area contributed by atoms with Gasteiger partial charge in [0.15, 0.2) is 5.82 Å². The first-order valence-electron chi connectivity index (χ1n) is 17.7. The van der Waals surface area contributed by atoms with Crippen LogP contribution in [0, 0.1) is 30.4 Å². The van der Waals surface area contributed by atoms with Gasteiger partial charge in [-0.25, -0.2) is 17.9 Å². The third-order valence-corrected chi connectivity index (χ3v) is 11.1. The highest BCUT2D eigenvalue weighted by atomic mass is 19.1. The average Bonchev–Trinajstić information content (AvgIpc) is 3.80. The van der Waals surface area contributed by atoms with Crippen LogP contribution in [0.25, 0.3) is 32.9 Å². The number of piperidine rings is 1. The molecule has 0 unspecified atom stereocenters. The molecule has 1 N–H and O–H groups in total. The van der Waals surface area contributed by atoms with E-state index in [1.165, 1.54) is 29.1 Å². The SMILES string of the molecule is CCc1c(F)ccc2cc(O)cc(-c3ncc4c(N5CC[C@@H](C(=O)n6ccc(C)n6)[C@H](C)C5)nc(OC[C@@]56CCCN5C[C@H](F)C6)nc4c3F)c12. The Hall–Kier alpha value is -4.78. The molecule has 4 atom stereocenters. The number of nitrogens with zero attached hydrogens (tertiary/aromatic N) is 7. The lowest BCUT2D eigenvalue weighted by molar-refractivity contribution is 0.0750. The Balaban J connectivity index is 1.21. The normalized spacial score (nSPS) is 23.7. The fourth-order valence-corrected chi connectivity index (χ4v) is 8.61. The van der Waals surface area contributed by atoms with E-state index in [2.05, 4.69) is 20.0 Å². The van der Waals surface area contributed by atoms with Gasteiger partial charge in [0.2, 0.25) is 5.91 Å². The Morgan fingerprint density at radius 1 is 1.14 bits per heavy atom. The van der Waals surface area contributed by atoms with E-state index in [0.29, 0.717) is 66.4 Å². The number of halogens is 3. The van der Waals surface area contributed by atoms with E-state index in [4.69, 9.17) is 9.72 Å². The molecule has 0 bridgehead atoms. The van der Waals surface area contributed by atoms with Crippen LogP contribution in [-0.4, -0.2) is 85.1 Å². The number of rotatable bonds is 7. The topological polar surface area (TPSA) is 110 Å². The van der Waals surface area contributed by atoms with Gasteiger partial charge in [-0.05, 0) is 85.7 Å². The van der Waals surface area contributed by atoms with E-state index in [1.807, 2.05) is 25.7 Å². The van der Waals surface area contributed by atoms with Crippen molar-refractivity contribution in [3.05, 3.63) is 65.6 Å². The van der Waals surface area contributed by atoms with Crippen LogP contribution < -0.4 is 9.64 Å². The molecule has 0 radical (unpaired) electrons. The van der Waals surface area contributed by atoms with Crippen molar-refractivity contribution >= 4 is 33.4 Å². The molecule has 2 aromatic carbocycles. The van der Waals surface area contributed by atoms with Crippen LogP contribution in [0.3, 0.4) is 0 Å². The van der Waals surface area contributed by atoms with Gasteiger partial charge in [-0.15, -0.1) is 0 Å². The summed E-state index contributed by atoms with van der Waals surface area (Å²) < 4.78 is 54.3. The summed E-state index contributed by atoms with van der Waals surface area (Å²) in [7, 11) is 0. The zero-order valence-electron chi connectivity index (χ0n) is 28.9. The minimum Gasteiger partial charge on any atom is -0.508 e. The second-order valence-electron chi connectivity index (χ2n) is 14.4. The number of benzene rings is 2. The van der Waals surface area contributed by atoms with Crippen LogP contribution in [0.5, 0.6) is 11.8 Å². The standard InChI is InChI=1S/C38H40F3N7O3/c1-4-26-30(40)7-6-23-14-25(49)15-28(31(23)26)33-32(41)34-29(17-42-33)35(44-37(43-34)51-20-38-10-5-11-47(38)19-24(39)16-38)46-12-9-27(21(2)18-46)36(50)48-13-8-22(3)45-48/h6-8,13-15,17,21,24,27,49H,4-5,9-12,16,18-20H2,1-3H3/t21-,24-,27-,38+/m1/s1. The highest BCUT2D eigenvalue weighted by Gasteiger charge is 2.49. The molecule has 3 saturated heterocycles. The quantitative estimate of drug-likeness (QED) is 0.200. The number of hydrogen-bond acceptors (Lipinski definition) is 9. The van der Waals surface area contributed by atoms with Crippen molar-refractivity contribution in [1.29, 1.82) is 0 Å². The van der Waals surface area contributed by atoms with Crippen LogP contribution in [0.4, 0.5) is 19.0 Å². The maximum atomic E-state index is 17.0. The van der Waals surface area contributed by atoms with Gasteiger partial charge >= 0.3 is 6.01 Å². The van der Waals surface area contributed by atoms with Crippen LogP contribution in [0.1, 0.15) is 55.6 Å². The summed E-state index contributed by atoms with van der Waals surface area (Å²) in [4.78, 5) is 31.4. The number of anilines is 1. The highest BCUT2D eigenvalue weighted by molar-refractivity contribution is 6.01. The molecule has 0 aliphatic carbocycles. The largest absolute Gasteiger partial charge is 0.508 e. The molecule has 6 heterocycles. The fraction of sp³-hybridized carbons (Fsp3) is 0.447. The number of carbonyl (C=O) groups is 1. The average molecular weight is 700 g/mol. The van der Waals surface area contributed by atoms with Crippen LogP contribution in [0.15, 0.2) is 42.7 Å². The summed E-state index contributed by atoms with van der Waals surface area (Å²) in [5.41, 5.74) is 0.778. The molecule has 51 heavy (non-hydrogen) atoms. The molecule has 10 nitrogen and oxygen atoms in total. The molecular formula is C38H40F3N7O3. The first kappa shape index (κ1) is 33.4. The van der Waals surface area contributed by atoms with E-state index < -0.39 is 23.3 Å². The summed E-state index contributed by atoms with van der Waals surface area (Å²) in [6.45, 7) is 7.86. The van der Waals surface area contributed by atoms with Gasteiger partial charge < -0.3 is 14.7 Å². The minimum atomic E-state index is -0.945. The Labute approximate surface area is 293 Å². The predicted octanol–water partition coefficient (Wildman–Crippen LogP) is 6.65. The maximum Gasteiger partial charge on any atom is 0.319 e. The van der Waals surface area contributed by atoms with Gasteiger partial charge in [-0.1, -0.05) is 19.9 Å². The molecule has 8 rings (SSSR count). The maximum absolute atomic E-state index is 17.0. The molecule has 0 saturated carbocycles. The number of ether oxygens (including phenoxy) is 1.